The van der Waals surface area contributed by atoms with Crippen LogP contribution >= 0.6 is 23.4 Å². The van der Waals surface area contributed by atoms with E-state index in [9.17, 15) is 14.4 Å². The van der Waals surface area contributed by atoms with E-state index in [1.165, 1.54) is 4.90 Å². The summed E-state index contributed by atoms with van der Waals surface area (Å²) in [5.74, 6) is 2.31. The highest BCUT2D eigenvalue weighted by Gasteiger charge is 2.36. The van der Waals surface area contributed by atoms with E-state index >= 15 is 0 Å². The monoisotopic (exact) mass is 631 g/mol. The molecule has 0 atom stereocenters. The summed E-state index contributed by atoms with van der Waals surface area (Å²) in [5.41, 5.74) is 1.29. The third kappa shape index (κ3) is 7.64. The van der Waals surface area contributed by atoms with Crippen LogP contribution in [0.5, 0.6) is 17.2 Å². The van der Waals surface area contributed by atoms with Gasteiger partial charge in [-0.25, -0.2) is 4.90 Å². The van der Waals surface area contributed by atoms with Crippen molar-refractivity contribution >= 4 is 52.2 Å². The molecule has 0 radical (unpaired) electrons. The molecule has 2 saturated heterocycles. The topological polar surface area (TPSA) is 79.4 Å². The molecule has 3 fully saturated rings. The number of rotatable bonds is 11. The van der Waals surface area contributed by atoms with Gasteiger partial charge in [-0.05, 0) is 116 Å². The molecular weight excluding hydrogens is 598 g/mol. The minimum Gasteiger partial charge on any atom is -0.494 e. The highest BCUT2D eigenvalue weighted by molar-refractivity contribution is 8.19. The number of benzene rings is 3. The van der Waals surface area contributed by atoms with Gasteiger partial charge >= 0.3 is 0 Å². The molecule has 10 heteroatoms. The van der Waals surface area contributed by atoms with Gasteiger partial charge in [0.15, 0.2) is 0 Å². The van der Waals surface area contributed by atoms with Crippen LogP contribution in [0.2, 0.25) is 5.02 Å². The van der Waals surface area contributed by atoms with E-state index < -0.39 is 0 Å². The van der Waals surface area contributed by atoms with Gasteiger partial charge in [-0.15, -0.1) is 0 Å². The molecule has 1 aliphatic carbocycles. The lowest BCUT2D eigenvalue weighted by atomic mass is 10.2. The van der Waals surface area contributed by atoms with Crippen molar-refractivity contribution in [3.63, 3.8) is 0 Å². The van der Waals surface area contributed by atoms with Gasteiger partial charge in [0.2, 0.25) is 5.91 Å². The SMILES string of the molecule is O=C(C1CC1)N1CCN(CCCCOc2ccc(N3C(=O)S/C(=C\c4ccc(Oc5ccc(Cl)cc5)cc4)C3=O)cc2)CC1. The molecule has 6 rings (SSSR count). The molecule has 3 aromatic rings. The summed E-state index contributed by atoms with van der Waals surface area (Å²) in [7, 11) is 0. The van der Waals surface area contributed by atoms with E-state index in [1.54, 1.807) is 54.6 Å². The van der Waals surface area contributed by atoms with Gasteiger partial charge in [-0.2, -0.15) is 0 Å². The van der Waals surface area contributed by atoms with Crippen molar-refractivity contribution in [2.24, 2.45) is 5.92 Å². The summed E-state index contributed by atoms with van der Waals surface area (Å²) in [6, 6.07) is 21.4. The maximum absolute atomic E-state index is 13.1. The number of thioether (sulfide) groups is 1. The molecule has 228 valence electrons. The molecule has 0 unspecified atom stereocenters. The van der Waals surface area contributed by atoms with E-state index in [0.717, 1.165) is 75.7 Å². The van der Waals surface area contributed by atoms with E-state index in [4.69, 9.17) is 21.1 Å². The van der Waals surface area contributed by atoms with Crippen LogP contribution in [0.1, 0.15) is 31.2 Å². The Morgan fingerprint density at radius 1 is 0.841 bits per heavy atom. The lowest BCUT2D eigenvalue weighted by Gasteiger charge is -2.34. The van der Waals surface area contributed by atoms with E-state index in [1.807, 2.05) is 29.2 Å². The Hall–Kier alpha value is -3.79. The van der Waals surface area contributed by atoms with Crippen LogP contribution in [0, 0.1) is 5.92 Å². The highest BCUT2D eigenvalue weighted by atomic mass is 35.5. The minimum atomic E-state index is -0.354. The first kappa shape index (κ1) is 30.2. The fourth-order valence-corrected chi connectivity index (χ4v) is 6.18. The van der Waals surface area contributed by atoms with Gasteiger partial charge in [0.25, 0.3) is 11.1 Å². The Bertz CT molecular complexity index is 1520. The largest absolute Gasteiger partial charge is 0.494 e. The fraction of sp³-hybridized carbons (Fsp3) is 0.324. The molecule has 8 nitrogen and oxygen atoms in total. The number of carbonyl (C=O) groups is 3. The molecule has 1 saturated carbocycles. The normalized spacial score (nSPS) is 18.2. The molecule has 44 heavy (non-hydrogen) atoms. The van der Waals surface area contributed by atoms with Gasteiger partial charge in [0.1, 0.15) is 17.2 Å². The zero-order valence-corrected chi connectivity index (χ0v) is 25.9. The van der Waals surface area contributed by atoms with Crippen LogP contribution in [0.4, 0.5) is 10.5 Å². The summed E-state index contributed by atoms with van der Waals surface area (Å²) >= 11 is 6.85. The van der Waals surface area contributed by atoms with Crippen LogP contribution in [-0.4, -0.2) is 66.2 Å². The first-order chi connectivity index (χ1) is 21.4. The van der Waals surface area contributed by atoms with E-state index in [0.29, 0.717) is 51.3 Å². The molecule has 0 spiro atoms. The molecule has 3 aliphatic rings. The van der Waals surface area contributed by atoms with E-state index in [2.05, 4.69) is 4.90 Å². The number of unbranched alkanes of at least 4 members (excludes halogenated alkanes) is 1. The third-order valence-corrected chi connectivity index (χ3v) is 8.99. The first-order valence-corrected chi connectivity index (χ1v) is 16.2. The minimum absolute atomic E-state index is 0.301. The van der Waals surface area contributed by atoms with Gasteiger partial charge < -0.3 is 14.4 Å². The Labute approximate surface area is 266 Å². The van der Waals surface area contributed by atoms with Crippen molar-refractivity contribution < 1.29 is 23.9 Å². The van der Waals surface area contributed by atoms with Crippen LogP contribution in [0.15, 0.2) is 77.7 Å². The maximum atomic E-state index is 13.1. The predicted molar refractivity (Wildman–Crippen MR) is 173 cm³/mol. The average Bonchev–Trinajstić information content (AvgIpc) is 3.85. The average molecular weight is 632 g/mol. The first-order valence-electron chi connectivity index (χ1n) is 15.0. The molecule has 2 aliphatic heterocycles. The second-order valence-corrected chi connectivity index (χ2v) is 12.6. The zero-order chi connectivity index (χ0) is 30.5. The maximum Gasteiger partial charge on any atom is 0.298 e. The molecule has 2 heterocycles. The molecular formula is C34H34ClN3O5S. The Balaban J connectivity index is 0.942. The predicted octanol–water partition coefficient (Wildman–Crippen LogP) is 7.09. The van der Waals surface area contributed by atoms with Crippen LogP contribution in [0.3, 0.4) is 0 Å². The molecule has 0 aromatic heterocycles. The highest BCUT2D eigenvalue weighted by Crippen LogP contribution is 2.36. The lowest BCUT2D eigenvalue weighted by Crippen LogP contribution is -2.49. The number of amides is 3. The number of anilines is 1. The molecule has 0 bridgehead atoms. The summed E-state index contributed by atoms with van der Waals surface area (Å²) in [6.07, 6.45) is 5.78. The van der Waals surface area contributed by atoms with Crippen LogP contribution in [-0.2, 0) is 9.59 Å². The molecule has 3 aromatic carbocycles. The van der Waals surface area contributed by atoms with Crippen LogP contribution < -0.4 is 14.4 Å². The Morgan fingerprint density at radius 2 is 1.48 bits per heavy atom. The smallest absolute Gasteiger partial charge is 0.298 e. The number of nitrogens with zero attached hydrogens (tertiary/aromatic N) is 3. The number of halogens is 1. The van der Waals surface area contributed by atoms with Crippen molar-refractivity contribution in [2.45, 2.75) is 25.7 Å². The van der Waals surface area contributed by atoms with Crippen molar-refractivity contribution in [3.8, 4) is 17.2 Å². The number of hydrogen-bond donors (Lipinski definition) is 0. The standard InChI is InChI=1S/C34H34ClN3O5S/c35-26-7-13-30(14-8-26)43-29-11-3-24(4-12-29)23-31-33(40)38(34(41)44-31)27-9-15-28(16-10-27)42-22-2-1-17-36-18-20-37(21-19-36)32(39)25-5-6-25/h3-4,7-16,23,25H,1-2,5-6,17-22H2/b31-23-. The Morgan fingerprint density at radius 3 is 2.14 bits per heavy atom. The number of carbonyl (C=O) groups excluding carboxylic acids is 3. The summed E-state index contributed by atoms with van der Waals surface area (Å²) in [5, 5.41) is 0.299. The lowest BCUT2D eigenvalue weighted by molar-refractivity contribution is -0.134. The number of piperazine rings is 1. The zero-order valence-electron chi connectivity index (χ0n) is 24.3. The number of ether oxygens (including phenoxy) is 2. The Kier molecular flexibility index (Phi) is 9.54. The summed E-state index contributed by atoms with van der Waals surface area (Å²) in [4.78, 5) is 44.1. The van der Waals surface area contributed by atoms with Crippen molar-refractivity contribution in [1.82, 2.24) is 9.80 Å². The van der Waals surface area contributed by atoms with Crippen molar-refractivity contribution in [1.29, 1.82) is 0 Å². The second kappa shape index (κ2) is 13.9. The number of imide groups is 1. The quantitative estimate of drug-likeness (QED) is 0.165. The fourth-order valence-electron chi connectivity index (χ4n) is 5.21. The van der Waals surface area contributed by atoms with E-state index in [-0.39, 0.29) is 11.1 Å². The summed E-state index contributed by atoms with van der Waals surface area (Å²) in [6.45, 7) is 5.15. The van der Waals surface area contributed by atoms with Crippen LogP contribution in [0.25, 0.3) is 6.08 Å². The molecule has 3 amide bonds. The second-order valence-electron chi connectivity index (χ2n) is 11.1. The van der Waals surface area contributed by atoms with Gasteiger partial charge in [0.05, 0.1) is 17.2 Å². The summed E-state index contributed by atoms with van der Waals surface area (Å²) < 4.78 is 11.7. The van der Waals surface area contributed by atoms with Gasteiger partial charge in [-0.3, -0.25) is 19.3 Å². The van der Waals surface area contributed by atoms with Crippen molar-refractivity contribution in [3.05, 3.63) is 88.3 Å². The van der Waals surface area contributed by atoms with Gasteiger partial charge in [-0.1, -0.05) is 23.7 Å². The third-order valence-electron chi connectivity index (χ3n) is 7.86. The van der Waals surface area contributed by atoms with Gasteiger partial charge in [0, 0.05) is 37.1 Å². The number of hydrogen-bond acceptors (Lipinski definition) is 7. The molecule has 0 N–H and O–H groups in total. The van der Waals surface area contributed by atoms with Crippen molar-refractivity contribution in [2.75, 3.05) is 44.2 Å².